The highest BCUT2D eigenvalue weighted by Crippen LogP contribution is 2.18. The molecule has 5 heteroatoms. The number of carbonyl (C=O) groups excluding carboxylic acids is 1. The third-order valence-electron chi connectivity index (χ3n) is 3.62. The number of carbonyl (C=O) groups is 1. The molecule has 0 aromatic carbocycles. The van der Waals surface area contributed by atoms with Crippen LogP contribution in [0.2, 0.25) is 0 Å². The summed E-state index contributed by atoms with van der Waals surface area (Å²) in [6.07, 6.45) is 3.59. The predicted octanol–water partition coefficient (Wildman–Crippen LogP) is 1.79. The largest absolute Gasteiger partial charge is 0.351 e. The Morgan fingerprint density at radius 3 is 2.86 bits per heavy atom. The van der Waals surface area contributed by atoms with Gasteiger partial charge in [0.25, 0.3) is 0 Å². The van der Waals surface area contributed by atoms with Gasteiger partial charge >= 0.3 is 0 Å². The molecule has 0 radical (unpaired) electrons. The third kappa shape index (κ3) is 4.30. The van der Waals surface area contributed by atoms with Crippen LogP contribution in [0.4, 0.5) is 0 Å². The number of amides is 1. The van der Waals surface area contributed by atoms with Crippen molar-refractivity contribution in [1.82, 2.24) is 20.2 Å². The van der Waals surface area contributed by atoms with Crippen LogP contribution >= 0.6 is 0 Å². The molecule has 2 N–H and O–H groups in total. The van der Waals surface area contributed by atoms with Gasteiger partial charge in [0, 0.05) is 50.1 Å². The van der Waals surface area contributed by atoms with Gasteiger partial charge in [-0.3, -0.25) is 4.79 Å². The monoisotopic (exact) mass is 292 g/mol. The van der Waals surface area contributed by atoms with Gasteiger partial charge in [0.05, 0.1) is 5.69 Å². The fraction of sp³-hybridized carbons (Fsp3) is 0.750. The van der Waals surface area contributed by atoms with Crippen LogP contribution in [0.5, 0.6) is 0 Å². The molecule has 0 bridgehead atoms. The van der Waals surface area contributed by atoms with Crippen molar-refractivity contribution in [2.24, 2.45) is 0 Å². The van der Waals surface area contributed by atoms with E-state index in [2.05, 4.69) is 22.1 Å². The number of hydrogen-bond acceptors (Lipinski definition) is 3. The van der Waals surface area contributed by atoms with Crippen molar-refractivity contribution in [2.75, 3.05) is 6.54 Å². The first-order chi connectivity index (χ1) is 9.90. The molecule has 2 heterocycles. The summed E-state index contributed by atoms with van der Waals surface area (Å²) in [4.78, 5) is 16.8. The van der Waals surface area contributed by atoms with E-state index in [9.17, 15) is 4.79 Å². The van der Waals surface area contributed by atoms with Crippen molar-refractivity contribution >= 4 is 5.91 Å². The molecule has 0 aliphatic carbocycles. The van der Waals surface area contributed by atoms with Crippen molar-refractivity contribution in [3.8, 4) is 0 Å². The molecule has 0 unspecified atom stereocenters. The van der Waals surface area contributed by atoms with Gasteiger partial charge in [-0.25, -0.2) is 4.98 Å². The second kappa shape index (κ2) is 6.60. The van der Waals surface area contributed by atoms with Crippen LogP contribution in [0, 0.1) is 0 Å². The molecule has 0 atom stereocenters. The van der Waals surface area contributed by atoms with Gasteiger partial charge in [-0.1, -0.05) is 6.92 Å². The van der Waals surface area contributed by atoms with E-state index in [4.69, 9.17) is 4.98 Å². The molecule has 1 aromatic rings. The van der Waals surface area contributed by atoms with E-state index in [0.717, 1.165) is 44.7 Å². The van der Waals surface area contributed by atoms with Crippen molar-refractivity contribution in [3.63, 3.8) is 0 Å². The minimum absolute atomic E-state index is 0.112. The summed E-state index contributed by atoms with van der Waals surface area (Å²) in [7, 11) is 0. The van der Waals surface area contributed by atoms with Gasteiger partial charge in [-0.15, -0.1) is 0 Å². The summed E-state index contributed by atoms with van der Waals surface area (Å²) >= 11 is 0. The van der Waals surface area contributed by atoms with Gasteiger partial charge in [0.15, 0.2) is 0 Å². The topological polar surface area (TPSA) is 59.0 Å². The molecule has 0 spiro atoms. The number of aromatic nitrogens is 2. The average molecular weight is 292 g/mol. The maximum atomic E-state index is 12.0. The van der Waals surface area contributed by atoms with Crippen molar-refractivity contribution < 1.29 is 4.79 Å². The number of aryl methyl sites for hydroxylation is 1. The molecule has 2 rings (SSSR count). The van der Waals surface area contributed by atoms with E-state index in [1.165, 1.54) is 11.4 Å². The standard InChI is InChI=1S/C16H28N4O/c1-5-6-14-18-12-11-17-9-7-13(12)20(14)10-8-15(21)19-16(2,3)4/h17H,5-11H2,1-4H3,(H,19,21). The molecule has 1 aliphatic heterocycles. The first-order valence-corrected chi connectivity index (χ1v) is 7.99. The second-order valence-corrected chi connectivity index (χ2v) is 6.80. The van der Waals surface area contributed by atoms with Crippen LogP contribution in [0.15, 0.2) is 0 Å². The lowest BCUT2D eigenvalue weighted by Gasteiger charge is -2.21. The normalized spacial score (nSPS) is 14.9. The van der Waals surface area contributed by atoms with Gasteiger partial charge in [-0.05, 0) is 27.2 Å². The van der Waals surface area contributed by atoms with Crippen LogP contribution < -0.4 is 10.6 Å². The summed E-state index contributed by atoms with van der Waals surface area (Å²) in [6, 6.07) is 0. The third-order valence-corrected chi connectivity index (χ3v) is 3.62. The minimum atomic E-state index is -0.165. The number of fused-ring (bicyclic) bond motifs is 1. The quantitative estimate of drug-likeness (QED) is 0.870. The Kier molecular flexibility index (Phi) is 5.04. The Hall–Kier alpha value is -1.36. The van der Waals surface area contributed by atoms with Gasteiger partial charge in [0.1, 0.15) is 5.82 Å². The number of nitrogens with zero attached hydrogens (tertiary/aromatic N) is 2. The lowest BCUT2D eigenvalue weighted by atomic mass is 10.1. The van der Waals surface area contributed by atoms with E-state index in [-0.39, 0.29) is 11.4 Å². The zero-order valence-corrected chi connectivity index (χ0v) is 13.8. The first-order valence-electron chi connectivity index (χ1n) is 7.99. The first kappa shape index (κ1) is 16.0. The van der Waals surface area contributed by atoms with Crippen LogP contribution in [-0.4, -0.2) is 27.5 Å². The van der Waals surface area contributed by atoms with Gasteiger partial charge < -0.3 is 15.2 Å². The van der Waals surface area contributed by atoms with Crippen LogP contribution in [-0.2, 0) is 30.7 Å². The molecule has 0 saturated heterocycles. The van der Waals surface area contributed by atoms with Crippen LogP contribution in [0.1, 0.15) is 57.7 Å². The molecular weight excluding hydrogens is 264 g/mol. The summed E-state index contributed by atoms with van der Waals surface area (Å²) in [5, 5.41) is 6.39. The lowest BCUT2D eigenvalue weighted by molar-refractivity contribution is -0.122. The zero-order valence-electron chi connectivity index (χ0n) is 13.8. The van der Waals surface area contributed by atoms with E-state index in [0.29, 0.717) is 6.42 Å². The van der Waals surface area contributed by atoms with Gasteiger partial charge in [-0.2, -0.15) is 0 Å². The molecular formula is C16H28N4O. The Balaban J connectivity index is 2.07. The van der Waals surface area contributed by atoms with Crippen LogP contribution in [0.3, 0.4) is 0 Å². The van der Waals surface area contributed by atoms with E-state index in [1.807, 2.05) is 20.8 Å². The summed E-state index contributed by atoms with van der Waals surface area (Å²) in [6.45, 7) is 10.8. The van der Waals surface area contributed by atoms with E-state index < -0.39 is 0 Å². The summed E-state index contributed by atoms with van der Waals surface area (Å²) in [5.74, 6) is 1.25. The summed E-state index contributed by atoms with van der Waals surface area (Å²) in [5.41, 5.74) is 2.32. The Morgan fingerprint density at radius 2 is 2.19 bits per heavy atom. The molecule has 1 amide bonds. The zero-order chi connectivity index (χ0) is 15.5. The van der Waals surface area contributed by atoms with Crippen molar-refractivity contribution in [2.45, 2.75) is 72.0 Å². The SMILES string of the molecule is CCCc1nc2c(n1CCC(=O)NC(C)(C)C)CCNC2. The fourth-order valence-electron chi connectivity index (χ4n) is 2.80. The fourth-order valence-corrected chi connectivity index (χ4v) is 2.80. The van der Waals surface area contributed by atoms with Crippen molar-refractivity contribution in [1.29, 1.82) is 0 Å². The minimum Gasteiger partial charge on any atom is -0.351 e. The molecule has 0 fully saturated rings. The Morgan fingerprint density at radius 1 is 1.43 bits per heavy atom. The molecule has 21 heavy (non-hydrogen) atoms. The number of rotatable bonds is 5. The molecule has 118 valence electrons. The smallest absolute Gasteiger partial charge is 0.222 e. The maximum absolute atomic E-state index is 12.0. The molecule has 0 saturated carbocycles. The van der Waals surface area contributed by atoms with Crippen molar-refractivity contribution in [3.05, 3.63) is 17.2 Å². The number of imidazole rings is 1. The molecule has 1 aliphatic rings. The van der Waals surface area contributed by atoms with E-state index >= 15 is 0 Å². The highest BCUT2D eigenvalue weighted by atomic mass is 16.1. The molecule has 5 nitrogen and oxygen atoms in total. The average Bonchev–Trinajstić information content (AvgIpc) is 2.72. The van der Waals surface area contributed by atoms with Gasteiger partial charge in [0.2, 0.25) is 5.91 Å². The number of hydrogen-bond donors (Lipinski definition) is 2. The maximum Gasteiger partial charge on any atom is 0.222 e. The number of nitrogens with one attached hydrogen (secondary N) is 2. The molecule has 1 aromatic heterocycles. The lowest BCUT2D eigenvalue weighted by Crippen LogP contribution is -2.41. The van der Waals surface area contributed by atoms with E-state index in [1.54, 1.807) is 0 Å². The highest BCUT2D eigenvalue weighted by Gasteiger charge is 2.20. The highest BCUT2D eigenvalue weighted by molar-refractivity contribution is 5.76. The predicted molar refractivity (Wildman–Crippen MR) is 84.1 cm³/mol. The summed E-state index contributed by atoms with van der Waals surface area (Å²) < 4.78 is 2.28. The Labute approximate surface area is 127 Å². The Bertz CT molecular complexity index is 499. The second-order valence-electron chi connectivity index (χ2n) is 6.80. The van der Waals surface area contributed by atoms with Crippen LogP contribution in [0.25, 0.3) is 0 Å².